The Morgan fingerprint density at radius 2 is 1.81 bits per heavy atom. The number of aromatic nitrogens is 3. The van der Waals surface area contributed by atoms with Crippen LogP contribution in [-0.2, 0) is 14.6 Å². The van der Waals surface area contributed by atoms with Crippen molar-refractivity contribution >= 4 is 38.7 Å². The summed E-state index contributed by atoms with van der Waals surface area (Å²) < 4.78 is 25.8. The van der Waals surface area contributed by atoms with E-state index in [0.717, 1.165) is 4.88 Å². The van der Waals surface area contributed by atoms with Crippen molar-refractivity contribution in [2.75, 3.05) is 18.1 Å². The number of amides is 2. The Morgan fingerprint density at radius 3 is 2.35 bits per heavy atom. The summed E-state index contributed by atoms with van der Waals surface area (Å²) in [5.74, 6) is 0.523. The van der Waals surface area contributed by atoms with Gasteiger partial charge in [-0.15, -0.1) is 11.3 Å². The maximum atomic E-state index is 13.4. The summed E-state index contributed by atoms with van der Waals surface area (Å²) in [6.07, 6.45) is 0.912. The zero-order valence-electron chi connectivity index (χ0n) is 17.3. The number of nitrogens with zero attached hydrogens (tertiary/aromatic N) is 3. The van der Waals surface area contributed by atoms with Crippen LogP contribution >= 0.6 is 11.3 Å². The molecule has 9 nitrogen and oxygen atoms in total. The van der Waals surface area contributed by atoms with Gasteiger partial charge < -0.3 is 16.4 Å². The van der Waals surface area contributed by atoms with Gasteiger partial charge in [0, 0.05) is 29.2 Å². The van der Waals surface area contributed by atoms with Crippen molar-refractivity contribution in [1.82, 2.24) is 20.3 Å². The molecular formula is C20H22N6O3S2. The fourth-order valence-electron chi connectivity index (χ4n) is 3.23. The van der Waals surface area contributed by atoms with Gasteiger partial charge in [0.1, 0.15) is 10.6 Å². The Hall–Kier alpha value is -3.05. The van der Waals surface area contributed by atoms with Crippen LogP contribution in [0.2, 0.25) is 0 Å². The van der Waals surface area contributed by atoms with E-state index in [0.29, 0.717) is 41.3 Å². The maximum absolute atomic E-state index is 13.4. The highest BCUT2D eigenvalue weighted by Crippen LogP contribution is 2.55. The predicted molar refractivity (Wildman–Crippen MR) is 120 cm³/mol. The van der Waals surface area contributed by atoms with Crippen molar-refractivity contribution in [3.05, 3.63) is 46.6 Å². The summed E-state index contributed by atoms with van der Waals surface area (Å²) in [5.41, 5.74) is 8.38. The zero-order chi connectivity index (χ0) is 22.4. The summed E-state index contributed by atoms with van der Waals surface area (Å²) >= 11 is 1.18. The van der Waals surface area contributed by atoms with Crippen LogP contribution in [-0.4, -0.2) is 36.4 Å². The fourth-order valence-corrected chi connectivity index (χ4v) is 6.77. The molecule has 1 aromatic carbocycles. The number of thiazole rings is 1. The van der Waals surface area contributed by atoms with Crippen LogP contribution in [0.3, 0.4) is 0 Å². The number of anilines is 2. The van der Waals surface area contributed by atoms with E-state index < -0.39 is 14.6 Å². The van der Waals surface area contributed by atoms with E-state index in [-0.39, 0.29) is 16.2 Å². The second kappa shape index (κ2) is 7.57. The Balaban J connectivity index is 1.71. The third-order valence-corrected chi connectivity index (χ3v) is 9.27. The van der Waals surface area contributed by atoms with E-state index in [4.69, 9.17) is 5.73 Å². The number of hydrogen-bond donors (Lipinski definition) is 3. The Bertz CT molecular complexity index is 1250. The molecule has 0 bridgehead atoms. The first-order valence-corrected chi connectivity index (χ1v) is 11.9. The predicted octanol–water partition coefficient (Wildman–Crippen LogP) is 3.01. The normalized spacial score (nSPS) is 14.8. The van der Waals surface area contributed by atoms with E-state index in [1.54, 1.807) is 31.2 Å². The number of urea groups is 1. The molecule has 4 rings (SSSR count). The first kappa shape index (κ1) is 21.2. The molecule has 31 heavy (non-hydrogen) atoms. The highest BCUT2D eigenvalue weighted by molar-refractivity contribution is 7.94. The number of nitrogens with one attached hydrogen (secondary N) is 2. The standard InChI is InChI=1S/C20H22N6O3S2/c1-11-12(2)30-19(23-11)31(28,29)20(8-9-20)15-10-16(21)26-17(25-15)13-4-6-14(7-5-13)24-18(27)22-3/h4-7,10H,8-9H2,1-3H3,(H2,21,25,26)(H2,22,24,27). The number of aryl methyl sites for hydroxylation is 2. The van der Waals surface area contributed by atoms with Crippen molar-refractivity contribution in [2.24, 2.45) is 0 Å². The summed E-state index contributed by atoms with van der Waals surface area (Å²) in [6, 6.07) is 8.10. The number of nitrogen functional groups attached to an aromatic ring is 1. The van der Waals surface area contributed by atoms with Crippen LogP contribution in [0.15, 0.2) is 34.7 Å². The van der Waals surface area contributed by atoms with Crippen molar-refractivity contribution in [2.45, 2.75) is 35.8 Å². The van der Waals surface area contributed by atoms with Crippen LogP contribution in [0.4, 0.5) is 16.3 Å². The minimum Gasteiger partial charge on any atom is -0.384 e. The molecule has 2 amide bonds. The first-order valence-electron chi connectivity index (χ1n) is 9.59. The van der Waals surface area contributed by atoms with Gasteiger partial charge in [-0.1, -0.05) is 0 Å². The van der Waals surface area contributed by atoms with E-state index >= 15 is 0 Å². The van der Waals surface area contributed by atoms with E-state index in [9.17, 15) is 13.2 Å². The van der Waals surface area contributed by atoms with Gasteiger partial charge >= 0.3 is 6.03 Å². The molecule has 1 fully saturated rings. The number of hydrogen-bond acceptors (Lipinski definition) is 8. The number of benzene rings is 1. The van der Waals surface area contributed by atoms with Gasteiger partial charge in [0.15, 0.2) is 5.82 Å². The van der Waals surface area contributed by atoms with Gasteiger partial charge in [0.25, 0.3) is 0 Å². The monoisotopic (exact) mass is 458 g/mol. The van der Waals surface area contributed by atoms with Crippen LogP contribution in [0.25, 0.3) is 11.4 Å². The molecule has 1 aliphatic rings. The second-order valence-corrected chi connectivity index (χ2v) is 11.0. The molecule has 1 saturated carbocycles. The van der Waals surface area contributed by atoms with Crippen molar-refractivity contribution in [3.63, 3.8) is 0 Å². The minimum atomic E-state index is -3.71. The second-order valence-electron chi connectivity index (χ2n) is 7.40. The molecule has 11 heteroatoms. The van der Waals surface area contributed by atoms with Gasteiger partial charge in [0.05, 0.1) is 11.4 Å². The van der Waals surface area contributed by atoms with Crippen molar-refractivity contribution in [1.29, 1.82) is 0 Å². The molecule has 0 radical (unpaired) electrons. The molecule has 0 saturated heterocycles. The summed E-state index contributed by atoms with van der Waals surface area (Å²) in [4.78, 5) is 25.5. The molecule has 2 heterocycles. The largest absolute Gasteiger partial charge is 0.384 e. The van der Waals surface area contributed by atoms with Crippen LogP contribution in [0, 0.1) is 13.8 Å². The minimum absolute atomic E-state index is 0.114. The molecule has 0 atom stereocenters. The topological polar surface area (TPSA) is 140 Å². The molecule has 2 aromatic heterocycles. The van der Waals surface area contributed by atoms with E-state index in [1.165, 1.54) is 24.5 Å². The lowest BCUT2D eigenvalue weighted by Gasteiger charge is -2.15. The highest BCUT2D eigenvalue weighted by Gasteiger charge is 2.59. The first-order chi connectivity index (χ1) is 14.7. The average molecular weight is 459 g/mol. The van der Waals surface area contributed by atoms with Crippen LogP contribution in [0.5, 0.6) is 0 Å². The quantitative estimate of drug-likeness (QED) is 0.534. The van der Waals surface area contributed by atoms with Gasteiger partial charge in [-0.2, -0.15) is 0 Å². The molecule has 4 N–H and O–H groups in total. The molecule has 3 aromatic rings. The number of carbonyl (C=O) groups is 1. The van der Waals surface area contributed by atoms with Gasteiger partial charge in [-0.05, 0) is 51.0 Å². The summed E-state index contributed by atoms with van der Waals surface area (Å²) in [7, 11) is -2.18. The summed E-state index contributed by atoms with van der Waals surface area (Å²) in [5, 5.41) is 5.15. The van der Waals surface area contributed by atoms with Crippen molar-refractivity contribution in [3.8, 4) is 11.4 Å². The molecule has 0 aliphatic heterocycles. The Kier molecular flexibility index (Phi) is 5.18. The lowest BCUT2D eigenvalue weighted by Crippen LogP contribution is -2.24. The Labute approximate surface area is 184 Å². The average Bonchev–Trinajstić information content (AvgIpc) is 3.49. The molecule has 1 aliphatic carbocycles. The maximum Gasteiger partial charge on any atom is 0.318 e. The Morgan fingerprint density at radius 1 is 1.13 bits per heavy atom. The van der Waals surface area contributed by atoms with Gasteiger partial charge in [-0.3, -0.25) is 0 Å². The fraction of sp³-hybridized carbons (Fsp3) is 0.300. The van der Waals surface area contributed by atoms with Crippen molar-refractivity contribution < 1.29 is 13.2 Å². The van der Waals surface area contributed by atoms with Gasteiger partial charge in [-0.25, -0.2) is 28.2 Å². The number of sulfone groups is 1. The van der Waals surface area contributed by atoms with Crippen LogP contribution in [0.1, 0.15) is 29.1 Å². The smallest absolute Gasteiger partial charge is 0.318 e. The molecular weight excluding hydrogens is 436 g/mol. The number of rotatable bonds is 5. The zero-order valence-corrected chi connectivity index (χ0v) is 18.9. The van der Waals surface area contributed by atoms with E-state index in [1.807, 2.05) is 6.92 Å². The summed E-state index contributed by atoms with van der Waals surface area (Å²) in [6.45, 7) is 3.66. The number of nitrogens with two attached hydrogens (primary N) is 1. The molecule has 0 unspecified atom stereocenters. The lowest BCUT2D eigenvalue weighted by atomic mass is 10.1. The molecule has 0 spiro atoms. The van der Waals surface area contributed by atoms with Gasteiger partial charge in [0.2, 0.25) is 14.2 Å². The lowest BCUT2D eigenvalue weighted by molar-refractivity contribution is 0.254. The third-order valence-electron chi connectivity index (χ3n) is 5.30. The van der Waals surface area contributed by atoms with Crippen LogP contribution < -0.4 is 16.4 Å². The molecule has 162 valence electrons. The number of carbonyl (C=O) groups excluding carboxylic acids is 1. The van der Waals surface area contributed by atoms with E-state index in [2.05, 4.69) is 25.6 Å². The third kappa shape index (κ3) is 3.74. The highest BCUT2D eigenvalue weighted by atomic mass is 32.2. The SMILES string of the molecule is CNC(=O)Nc1ccc(-c2nc(N)cc(C3(S(=O)(=O)c4nc(C)c(C)s4)CC3)n2)cc1.